The van der Waals surface area contributed by atoms with Crippen molar-refractivity contribution in [2.75, 3.05) is 5.32 Å². The third kappa shape index (κ3) is 6.12. The van der Waals surface area contributed by atoms with Gasteiger partial charge < -0.3 is 22.3 Å². The second-order valence-electron chi connectivity index (χ2n) is 4.75. The largest absolute Gasteiger partial charge is 1.00 e. The zero-order valence-corrected chi connectivity index (χ0v) is 14.3. The van der Waals surface area contributed by atoms with E-state index in [4.69, 9.17) is 11.6 Å². The van der Waals surface area contributed by atoms with E-state index in [1.807, 2.05) is 30.6 Å². The van der Waals surface area contributed by atoms with Crippen LogP contribution in [0.25, 0.3) is 0 Å². The summed E-state index contributed by atoms with van der Waals surface area (Å²) in [6.45, 7) is 0.885. The Labute approximate surface area is 144 Å². The van der Waals surface area contributed by atoms with Crippen molar-refractivity contribution < 1.29 is 30.7 Å². The van der Waals surface area contributed by atoms with Gasteiger partial charge in [-0.1, -0.05) is 17.7 Å². The lowest BCUT2D eigenvalue weighted by Gasteiger charge is -2.05. The summed E-state index contributed by atoms with van der Waals surface area (Å²) >= 11 is 5.66. The Bertz CT molecular complexity index is 610. The highest BCUT2D eigenvalue weighted by Gasteiger charge is 2.06. The number of nitrogens with one attached hydrogen (secondary N) is 1. The molecule has 0 saturated carbocycles. The number of amides is 1. The molecule has 2 rings (SSSR count). The molecular formula is C16H17BrClFN2O. The monoisotopic (exact) mass is 386 g/mol. The highest BCUT2D eigenvalue weighted by Crippen LogP contribution is 2.19. The van der Waals surface area contributed by atoms with Crippen LogP contribution in [0.5, 0.6) is 0 Å². The van der Waals surface area contributed by atoms with E-state index >= 15 is 0 Å². The van der Waals surface area contributed by atoms with E-state index in [2.05, 4.69) is 9.88 Å². The van der Waals surface area contributed by atoms with Gasteiger partial charge in [0.2, 0.25) is 5.91 Å². The fourth-order valence-electron chi connectivity index (χ4n) is 1.96. The number of carbonyl (C=O) groups excluding carboxylic acids is 1. The van der Waals surface area contributed by atoms with Crippen molar-refractivity contribution in [2.24, 2.45) is 0 Å². The Morgan fingerprint density at radius 3 is 2.59 bits per heavy atom. The fraction of sp³-hybridized carbons (Fsp3) is 0.250. The van der Waals surface area contributed by atoms with Crippen molar-refractivity contribution in [3.05, 3.63) is 59.6 Å². The number of halogens is 3. The van der Waals surface area contributed by atoms with Gasteiger partial charge in [0, 0.05) is 30.7 Å². The number of unbranched alkanes of at least 4 members (excludes halogenated alkanes) is 1. The van der Waals surface area contributed by atoms with Crippen LogP contribution in [0.15, 0.2) is 48.8 Å². The summed E-state index contributed by atoms with van der Waals surface area (Å²) in [4.78, 5) is 11.8. The molecule has 0 aliphatic rings. The standard InChI is InChI=1S/C16H16ClFN2O.BrH/c17-14-12-13(7-8-15(14)18)19-16(21)6-2-5-11-20-9-3-1-4-10-20;/h1,3-4,7-10,12H,2,5-6,11H2;1H. The van der Waals surface area contributed by atoms with Crippen LogP contribution >= 0.6 is 11.6 Å². The third-order valence-electron chi connectivity index (χ3n) is 3.05. The minimum absolute atomic E-state index is 0. The van der Waals surface area contributed by atoms with E-state index in [1.165, 1.54) is 18.2 Å². The van der Waals surface area contributed by atoms with Gasteiger partial charge in [-0.3, -0.25) is 4.79 Å². The van der Waals surface area contributed by atoms with Crippen molar-refractivity contribution in [3.8, 4) is 0 Å². The Kier molecular flexibility index (Phi) is 8.06. The predicted molar refractivity (Wildman–Crippen MR) is 80.5 cm³/mol. The molecule has 0 saturated heterocycles. The van der Waals surface area contributed by atoms with Gasteiger partial charge in [0.1, 0.15) is 12.4 Å². The van der Waals surface area contributed by atoms with Crippen molar-refractivity contribution in [3.63, 3.8) is 0 Å². The van der Waals surface area contributed by atoms with Crippen LogP contribution in [-0.4, -0.2) is 5.91 Å². The molecule has 0 aliphatic carbocycles. The van der Waals surface area contributed by atoms with Crippen molar-refractivity contribution >= 4 is 23.2 Å². The highest BCUT2D eigenvalue weighted by atomic mass is 79.9. The molecule has 1 aromatic carbocycles. The average molecular weight is 388 g/mol. The normalized spacial score (nSPS) is 9.91. The molecule has 2 aromatic rings. The molecule has 118 valence electrons. The molecule has 0 unspecified atom stereocenters. The van der Waals surface area contributed by atoms with Crippen LogP contribution in [0.1, 0.15) is 19.3 Å². The van der Waals surface area contributed by atoms with Crippen LogP contribution < -0.4 is 26.9 Å². The third-order valence-corrected chi connectivity index (χ3v) is 3.34. The van der Waals surface area contributed by atoms with Crippen molar-refractivity contribution in [2.45, 2.75) is 25.8 Å². The number of hydrogen-bond acceptors (Lipinski definition) is 1. The van der Waals surface area contributed by atoms with Crippen LogP contribution in [0.2, 0.25) is 5.02 Å². The van der Waals surface area contributed by atoms with E-state index in [0.29, 0.717) is 12.1 Å². The molecule has 1 N–H and O–H groups in total. The van der Waals surface area contributed by atoms with Gasteiger partial charge in [-0.25, -0.2) is 8.96 Å². The van der Waals surface area contributed by atoms with E-state index in [-0.39, 0.29) is 27.9 Å². The van der Waals surface area contributed by atoms with Gasteiger partial charge in [-0.2, -0.15) is 0 Å². The first-order valence-electron chi connectivity index (χ1n) is 6.84. The molecule has 6 heteroatoms. The smallest absolute Gasteiger partial charge is 0.224 e. The number of benzene rings is 1. The van der Waals surface area contributed by atoms with Crippen molar-refractivity contribution in [1.29, 1.82) is 0 Å². The Balaban J connectivity index is 0.00000242. The summed E-state index contributed by atoms with van der Waals surface area (Å²) in [6.07, 6.45) is 6.15. The minimum Gasteiger partial charge on any atom is -1.00 e. The zero-order chi connectivity index (χ0) is 15.1. The highest BCUT2D eigenvalue weighted by molar-refractivity contribution is 6.31. The van der Waals surface area contributed by atoms with Crippen LogP contribution in [0, 0.1) is 5.82 Å². The molecule has 0 spiro atoms. The Morgan fingerprint density at radius 2 is 1.91 bits per heavy atom. The van der Waals surface area contributed by atoms with E-state index in [1.54, 1.807) is 0 Å². The number of aromatic nitrogens is 1. The van der Waals surface area contributed by atoms with Gasteiger partial charge in [-0.05, 0) is 24.6 Å². The first kappa shape index (κ1) is 18.6. The summed E-state index contributed by atoms with van der Waals surface area (Å²) in [5.74, 6) is -0.578. The molecule has 1 heterocycles. The number of carbonyl (C=O) groups is 1. The van der Waals surface area contributed by atoms with E-state index < -0.39 is 5.82 Å². The first-order chi connectivity index (χ1) is 10.1. The minimum atomic E-state index is -0.491. The number of pyridine rings is 1. The lowest BCUT2D eigenvalue weighted by molar-refractivity contribution is -0.697. The summed E-state index contributed by atoms with van der Waals surface area (Å²) in [6, 6.07) is 10.1. The second-order valence-corrected chi connectivity index (χ2v) is 5.15. The van der Waals surface area contributed by atoms with Crippen LogP contribution in [-0.2, 0) is 11.3 Å². The van der Waals surface area contributed by atoms with E-state index in [0.717, 1.165) is 19.4 Å². The zero-order valence-electron chi connectivity index (χ0n) is 11.9. The maximum Gasteiger partial charge on any atom is 0.224 e. The average Bonchev–Trinajstić information content (AvgIpc) is 2.49. The lowest BCUT2D eigenvalue weighted by atomic mass is 10.2. The molecule has 1 amide bonds. The Morgan fingerprint density at radius 1 is 1.18 bits per heavy atom. The summed E-state index contributed by atoms with van der Waals surface area (Å²) in [5, 5.41) is 2.72. The molecule has 1 aromatic heterocycles. The number of nitrogens with zero attached hydrogens (tertiary/aromatic N) is 1. The summed E-state index contributed by atoms with van der Waals surface area (Å²) in [5.41, 5.74) is 0.517. The van der Waals surface area contributed by atoms with Gasteiger partial charge in [0.05, 0.1) is 5.02 Å². The topological polar surface area (TPSA) is 33.0 Å². The lowest BCUT2D eigenvalue weighted by Crippen LogP contribution is -3.00. The van der Waals surface area contributed by atoms with Gasteiger partial charge in [0.25, 0.3) is 0 Å². The molecule has 0 aliphatic heterocycles. The SMILES string of the molecule is O=C(CCCC[n+]1ccccc1)Nc1ccc(F)c(Cl)c1.[Br-]. The summed E-state index contributed by atoms with van der Waals surface area (Å²) in [7, 11) is 0. The molecule has 3 nitrogen and oxygen atoms in total. The quantitative estimate of drug-likeness (QED) is 0.571. The molecule has 0 radical (unpaired) electrons. The number of anilines is 1. The van der Waals surface area contributed by atoms with Crippen molar-refractivity contribution in [1.82, 2.24) is 0 Å². The first-order valence-corrected chi connectivity index (χ1v) is 7.22. The van der Waals surface area contributed by atoms with Gasteiger partial charge in [0.15, 0.2) is 12.4 Å². The van der Waals surface area contributed by atoms with Gasteiger partial charge >= 0.3 is 0 Å². The molecule has 22 heavy (non-hydrogen) atoms. The molecule has 0 bridgehead atoms. The molecular weight excluding hydrogens is 371 g/mol. The van der Waals surface area contributed by atoms with Gasteiger partial charge in [-0.15, -0.1) is 0 Å². The van der Waals surface area contributed by atoms with Crippen LogP contribution in [0.4, 0.5) is 10.1 Å². The van der Waals surface area contributed by atoms with E-state index in [9.17, 15) is 9.18 Å². The number of hydrogen-bond donors (Lipinski definition) is 1. The Hall–Kier alpha value is -1.46. The maximum atomic E-state index is 13.0. The molecule has 0 atom stereocenters. The second kappa shape index (κ2) is 9.54. The maximum absolute atomic E-state index is 13.0. The number of rotatable bonds is 6. The molecule has 0 fully saturated rings. The van der Waals surface area contributed by atoms with Crippen LogP contribution in [0.3, 0.4) is 0 Å². The fourth-order valence-corrected chi connectivity index (χ4v) is 2.14. The number of aryl methyl sites for hydroxylation is 1. The summed E-state index contributed by atoms with van der Waals surface area (Å²) < 4.78 is 15.1. The predicted octanol–water partition coefficient (Wildman–Crippen LogP) is 0.580.